The van der Waals surface area contributed by atoms with Crippen LogP contribution in [0.2, 0.25) is 0 Å². The van der Waals surface area contributed by atoms with E-state index >= 15 is 4.39 Å². The Balaban J connectivity index is 2.76. The summed E-state index contributed by atoms with van der Waals surface area (Å²) in [5.74, 6) is 0.524. The minimum absolute atomic E-state index is 0.129. The molecule has 1 aromatic heterocycles. The van der Waals surface area contributed by atoms with Crippen LogP contribution in [0.15, 0.2) is 47.2 Å². The van der Waals surface area contributed by atoms with Crippen molar-refractivity contribution in [3.63, 3.8) is 0 Å². The fraction of sp³-hybridized carbons (Fsp3) is 0.458. The third-order valence-corrected chi connectivity index (χ3v) is 5.81. The van der Waals surface area contributed by atoms with Gasteiger partial charge in [0.15, 0.2) is 0 Å². The highest BCUT2D eigenvalue weighted by molar-refractivity contribution is 6.30. The topological polar surface area (TPSA) is 55.9 Å². The van der Waals surface area contributed by atoms with Gasteiger partial charge in [0.2, 0.25) is 0 Å². The molecule has 1 aliphatic carbocycles. The van der Waals surface area contributed by atoms with E-state index in [0.717, 1.165) is 34.8 Å². The first-order valence-electron chi connectivity index (χ1n) is 10.3. The third kappa shape index (κ3) is 4.56. The quantitative estimate of drug-likeness (QED) is 0.539. The molecule has 0 spiro atoms. The van der Waals surface area contributed by atoms with Crippen molar-refractivity contribution in [3.8, 4) is 0 Å². The van der Waals surface area contributed by atoms with Crippen LogP contribution in [0.25, 0.3) is 11.9 Å². The lowest BCUT2D eigenvalue weighted by molar-refractivity contribution is 0.311. The molecule has 3 N–H and O–H groups in total. The molecule has 4 nitrogen and oxygen atoms in total. The first-order valence-corrected chi connectivity index (χ1v) is 10.7. The van der Waals surface area contributed by atoms with Crippen LogP contribution in [0.3, 0.4) is 0 Å². The Labute approximate surface area is 185 Å². The highest BCUT2D eigenvalue weighted by Gasteiger charge is 2.37. The second-order valence-corrected chi connectivity index (χ2v) is 8.70. The monoisotopic (exact) mass is 432 g/mol. The van der Waals surface area contributed by atoms with Crippen LogP contribution in [0, 0.1) is 18.8 Å². The Hall–Kier alpha value is -2.27. The van der Waals surface area contributed by atoms with E-state index in [1.54, 1.807) is 13.1 Å². The predicted molar refractivity (Wildman–Crippen MR) is 127 cm³/mol. The molecule has 0 amide bonds. The molecule has 0 saturated carbocycles. The van der Waals surface area contributed by atoms with Gasteiger partial charge in [0.1, 0.15) is 12.0 Å². The molecule has 2 rings (SSSR count). The molecule has 0 bridgehead atoms. The Morgan fingerprint density at radius 2 is 2.03 bits per heavy atom. The van der Waals surface area contributed by atoms with Crippen molar-refractivity contribution in [2.75, 3.05) is 7.05 Å². The summed E-state index contributed by atoms with van der Waals surface area (Å²) in [6.07, 6.45) is 5.06. The molecule has 0 aliphatic heterocycles. The van der Waals surface area contributed by atoms with Crippen LogP contribution in [0.1, 0.15) is 57.2 Å². The van der Waals surface area contributed by atoms with E-state index in [2.05, 4.69) is 39.2 Å². The number of alkyl halides is 1. The molecule has 0 saturated heterocycles. The zero-order chi connectivity index (χ0) is 22.7. The summed E-state index contributed by atoms with van der Waals surface area (Å²) in [6.45, 7) is 18.1. The lowest BCUT2D eigenvalue weighted by Crippen LogP contribution is -2.31. The van der Waals surface area contributed by atoms with Crippen LogP contribution in [0.4, 0.5) is 4.39 Å². The number of halogens is 2. The number of aromatic nitrogens is 2. The number of nitrogens with one attached hydrogen (secondary N) is 1. The van der Waals surface area contributed by atoms with Crippen molar-refractivity contribution in [2.24, 2.45) is 17.6 Å². The van der Waals surface area contributed by atoms with Crippen molar-refractivity contribution >= 4 is 23.5 Å². The van der Waals surface area contributed by atoms with Gasteiger partial charge in [-0.3, -0.25) is 0 Å². The van der Waals surface area contributed by atoms with Crippen LogP contribution in [-0.4, -0.2) is 22.8 Å². The molecule has 30 heavy (non-hydrogen) atoms. The van der Waals surface area contributed by atoms with Crippen molar-refractivity contribution < 1.29 is 4.39 Å². The Morgan fingerprint density at radius 1 is 1.40 bits per heavy atom. The van der Waals surface area contributed by atoms with E-state index < -0.39 is 12.1 Å². The number of rotatable bonds is 8. The van der Waals surface area contributed by atoms with Gasteiger partial charge in [0.25, 0.3) is 0 Å². The first kappa shape index (κ1) is 24.0. The van der Waals surface area contributed by atoms with Crippen molar-refractivity contribution in [3.05, 3.63) is 64.4 Å². The van der Waals surface area contributed by atoms with Crippen molar-refractivity contribution in [1.82, 2.24) is 14.9 Å². The predicted octanol–water partition coefficient (Wildman–Crippen LogP) is 5.88. The van der Waals surface area contributed by atoms with E-state index in [4.69, 9.17) is 22.3 Å². The SMILES string of the molecule is C=C(N)c1c(C)nc(C(C)C2=C(CC(C)C)C(C(=C)NC)C(F)C(Cl)=C2)n1/C=C\C. The van der Waals surface area contributed by atoms with E-state index in [9.17, 15) is 0 Å². The number of hydrogen-bond donors (Lipinski definition) is 2. The standard InChI is InChI=1S/C24H34ClFN4/c1-9-10-30-23(15(5)27)17(7)29-24(30)14(4)18-12-20(25)22(26)21(16(6)28-8)19(18)11-13(2)3/h9-10,12-14,21-22,28H,5-6,11,27H2,1-4,7-8H3/b10-9-. The van der Waals surface area contributed by atoms with Crippen LogP contribution in [0.5, 0.6) is 0 Å². The number of imidazole rings is 1. The number of nitrogens with two attached hydrogens (primary N) is 1. The smallest absolute Gasteiger partial charge is 0.147 e. The van der Waals surface area contributed by atoms with Gasteiger partial charge >= 0.3 is 0 Å². The Kier molecular flexibility index (Phi) is 7.75. The van der Waals surface area contributed by atoms with Gasteiger partial charge in [-0.25, -0.2) is 9.37 Å². The van der Waals surface area contributed by atoms with Crippen molar-refractivity contribution in [1.29, 1.82) is 0 Å². The average Bonchev–Trinajstić information content (AvgIpc) is 2.99. The van der Waals surface area contributed by atoms with E-state index in [-0.39, 0.29) is 11.0 Å². The molecular weight excluding hydrogens is 399 g/mol. The maximum absolute atomic E-state index is 15.2. The Bertz CT molecular complexity index is 920. The lowest BCUT2D eigenvalue weighted by Gasteiger charge is -2.34. The molecule has 0 aromatic carbocycles. The van der Waals surface area contributed by atoms with Gasteiger partial charge in [-0.05, 0) is 37.8 Å². The zero-order valence-electron chi connectivity index (χ0n) is 18.9. The fourth-order valence-electron chi connectivity index (χ4n) is 4.17. The molecule has 3 unspecified atom stereocenters. The minimum atomic E-state index is -1.31. The summed E-state index contributed by atoms with van der Waals surface area (Å²) in [5.41, 5.74) is 10.7. The van der Waals surface area contributed by atoms with Gasteiger partial charge in [-0.15, -0.1) is 0 Å². The third-order valence-electron chi connectivity index (χ3n) is 5.49. The summed E-state index contributed by atoms with van der Waals surface area (Å²) in [5, 5.41) is 3.22. The maximum Gasteiger partial charge on any atom is 0.147 e. The van der Waals surface area contributed by atoms with E-state index in [1.807, 2.05) is 30.7 Å². The molecule has 1 heterocycles. The first-order chi connectivity index (χ1) is 14.0. The molecule has 3 atom stereocenters. The van der Waals surface area contributed by atoms with Gasteiger partial charge in [-0.2, -0.15) is 0 Å². The molecule has 0 radical (unpaired) electrons. The highest BCUT2D eigenvalue weighted by Crippen LogP contribution is 2.44. The van der Waals surface area contributed by atoms with Gasteiger partial charge in [0.05, 0.1) is 28.0 Å². The molecular formula is C24H34ClFN4. The van der Waals surface area contributed by atoms with Crippen molar-refractivity contribution in [2.45, 2.75) is 53.1 Å². The van der Waals surface area contributed by atoms with Gasteiger partial charge in [-0.1, -0.05) is 57.2 Å². The second-order valence-electron chi connectivity index (χ2n) is 8.27. The molecule has 1 aliphatic rings. The lowest BCUT2D eigenvalue weighted by atomic mass is 9.76. The van der Waals surface area contributed by atoms with E-state index in [0.29, 0.717) is 17.3 Å². The van der Waals surface area contributed by atoms with E-state index in [1.165, 1.54) is 0 Å². The molecule has 6 heteroatoms. The highest BCUT2D eigenvalue weighted by atomic mass is 35.5. The van der Waals surface area contributed by atoms with Crippen LogP contribution >= 0.6 is 11.6 Å². The normalized spacial score (nSPS) is 20.6. The fourth-order valence-corrected chi connectivity index (χ4v) is 4.41. The second kappa shape index (κ2) is 9.69. The summed E-state index contributed by atoms with van der Waals surface area (Å²) in [7, 11) is 1.76. The maximum atomic E-state index is 15.2. The number of nitrogens with zero attached hydrogens (tertiary/aromatic N) is 2. The summed E-state index contributed by atoms with van der Waals surface area (Å²) in [6, 6.07) is 0. The van der Waals surface area contributed by atoms with Gasteiger partial charge < -0.3 is 15.6 Å². The summed E-state index contributed by atoms with van der Waals surface area (Å²) in [4.78, 5) is 4.81. The number of aryl methyl sites for hydroxylation is 1. The molecule has 1 aromatic rings. The number of hydrogen-bond acceptors (Lipinski definition) is 3. The minimum Gasteiger partial charge on any atom is -0.397 e. The Morgan fingerprint density at radius 3 is 2.53 bits per heavy atom. The molecule has 164 valence electrons. The van der Waals surface area contributed by atoms with Gasteiger partial charge in [0, 0.05) is 24.9 Å². The van der Waals surface area contributed by atoms with Crippen LogP contribution in [-0.2, 0) is 0 Å². The van der Waals surface area contributed by atoms with Crippen LogP contribution < -0.4 is 11.1 Å². The number of allylic oxidation sites excluding steroid dienone is 5. The largest absolute Gasteiger partial charge is 0.397 e. The average molecular weight is 433 g/mol. The summed E-state index contributed by atoms with van der Waals surface area (Å²) >= 11 is 6.39. The zero-order valence-corrected chi connectivity index (χ0v) is 19.6. The molecule has 0 fully saturated rings. The summed E-state index contributed by atoms with van der Waals surface area (Å²) < 4.78 is 17.2.